The van der Waals surface area contributed by atoms with Crippen LogP contribution in [0.15, 0.2) is 54.6 Å². The summed E-state index contributed by atoms with van der Waals surface area (Å²) >= 11 is 0. The van der Waals surface area contributed by atoms with E-state index in [2.05, 4.69) is 4.79 Å². The van der Waals surface area contributed by atoms with E-state index in [1.54, 1.807) is 30.3 Å². The van der Waals surface area contributed by atoms with Gasteiger partial charge in [-0.05, 0) is 16.7 Å². The van der Waals surface area contributed by atoms with E-state index >= 15 is 0 Å². The van der Waals surface area contributed by atoms with E-state index in [0.29, 0.717) is 5.56 Å². The molecule has 2 aromatic carbocycles. The molecule has 0 saturated heterocycles. The van der Waals surface area contributed by atoms with E-state index in [1.165, 1.54) is 0 Å². The molecule has 26 heavy (non-hydrogen) atoms. The average Bonchev–Trinajstić information content (AvgIpc) is 3.09. The Bertz CT molecular complexity index is 1000. The Morgan fingerprint density at radius 2 is 1.73 bits per heavy atom. The topological polar surface area (TPSA) is 108 Å². The summed E-state index contributed by atoms with van der Waals surface area (Å²) in [6.07, 6.45) is 3.79. The summed E-state index contributed by atoms with van der Waals surface area (Å²) in [5.41, 5.74) is 11.5. The van der Waals surface area contributed by atoms with Gasteiger partial charge in [-0.3, -0.25) is 14.4 Å². The van der Waals surface area contributed by atoms with E-state index in [-0.39, 0.29) is 12.1 Å². The van der Waals surface area contributed by atoms with Crippen LogP contribution in [0.5, 0.6) is 0 Å². The Morgan fingerprint density at radius 3 is 2.46 bits per heavy atom. The second-order valence-electron chi connectivity index (χ2n) is 5.84. The van der Waals surface area contributed by atoms with E-state index in [0.717, 1.165) is 16.7 Å². The number of aliphatic carboxylic acids is 1. The maximum Gasteiger partial charge on any atom is 0.347 e. The maximum atomic E-state index is 11.4. The van der Waals surface area contributed by atoms with Gasteiger partial charge in [0.05, 0.1) is 6.42 Å². The highest BCUT2D eigenvalue weighted by molar-refractivity contribution is 6.68. The van der Waals surface area contributed by atoms with Crippen LogP contribution in [0.4, 0.5) is 0 Å². The molecule has 0 amide bonds. The van der Waals surface area contributed by atoms with Gasteiger partial charge in [-0.1, -0.05) is 60.7 Å². The van der Waals surface area contributed by atoms with Crippen LogP contribution in [-0.4, -0.2) is 33.1 Å². The van der Waals surface area contributed by atoms with Gasteiger partial charge in [-0.15, -0.1) is 0 Å². The molecular formula is C20H14N2O4. The first-order valence-electron chi connectivity index (χ1n) is 7.90. The largest absolute Gasteiger partial charge is 0.481 e. The highest BCUT2D eigenvalue weighted by Gasteiger charge is 2.35. The van der Waals surface area contributed by atoms with Crippen molar-refractivity contribution in [3.63, 3.8) is 0 Å². The number of Topliss-reactive ketones (excluding diaryl/α,β-unsaturated/α-hetero) is 2. The lowest BCUT2D eigenvalue weighted by Gasteiger charge is -2.09. The maximum absolute atomic E-state index is 11.4. The summed E-state index contributed by atoms with van der Waals surface area (Å²) in [6, 6.07) is 14.4. The number of carboxylic acid groups (broad SMARTS) is 1. The number of benzene rings is 2. The minimum atomic E-state index is -0.781. The Hall–Kier alpha value is -3.63. The molecule has 2 aliphatic rings. The molecule has 4 rings (SSSR count). The Morgan fingerprint density at radius 1 is 1.04 bits per heavy atom. The first-order chi connectivity index (χ1) is 12.5. The monoisotopic (exact) mass is 346 g/mol. The van der Waals surface area contributed by atoms with Crippen molar-refractivity contribution in [2.24, 2.45) is 0 Å². The number of carboxylic acids is 1. The van der Waals surface area contributed by atoms with Crippen molar-refractivity contribution < 1.29 is 24.3 Å². The quantitative estimate of drug-likeness (QED) is 0.486. The van der Waals surface area contributed by atoms with Gasteiger partial charge in [0.1, 0.15) is 5.92 Å². The number of rotatable bonds is 1. The highest BCUT2D eigenvalue weighted by atomic mass is 16.4. The fourth-order valence-corrected chi connectivity index (χ4v) is 2.96. The minimum Gasteiger partial charge on any atom is -0.481 e. The predicted molar refractivity (Wildman–Crippen MR) is 94.0 cm³/mol. The van der Waals surface area contributed by atoms with Crippen molar-refractivity contribution in [3.05, 3.63) is 82.4 Å². The second-order valence-corrected chi connectivity index (χ2v) is 5.84. The van der Waals surface area contributed by atoms with Gasteiger partial charge in [0.2, 0.25) is 5.78 Å². The van der Waals surface area contributed by atoms with E-state index in [4.69, 9.17) is 10.6 Å². The van der Waals surface area contributed by atoms with Crippen molar-refractivity contribution >= 4 is 29.3 Å². The van der Waals surface area contributed by atoms with Crippen molar-refractivity contribution in [3.8, 4) is 0 Å². The van der Waals surface area contributed by atoms with Gasteiger partial charge in [0, 0.05) is 5.56 Å². The van der Waals surface area contributed by atoms with Crippen LogP contribution in [0.3, 0.4) is 0 Å². The molecule has 0 fully saturated rings. The molecule has 0 bridgehead atoms. The lowest BCUT2D eigenvalue weighted by molar-refractivity contribution is -0.137. The zero-order chi connectivity index (χ0) is 18.7. The van der Waals surface area contributed by atoms with Crippen LogP contribution < -0.4 is 0 Å². The van der Waals surface area contributed by atoms with Gasteiger partial charge in [0.25, 0.3) is 0 Å². The van der Waals surface area contributed by atoms with Crippen LogP contribution in [0, 0.1) is 0 Å². The SMILES string of the molecule is O=C(O)C1C=Cc2ccccc21.[N-]=[N+]=C1Cc2ccccc2C(=O)C1=O. The van der Waals surface area contributed by atoms with Crippen molar-refractivity contribution in [2.45, 2.75) is 12.3 Å². The smallest absolute Gasteiger partial charge is 0.347 e. The van der Waals surface area contributed by atoms with Crippen molar-refractivity contribution in [1.82, 2.24) is 0 Å². The first kappa shape index (κ1) is 17.2. The Kier molecular flexibility index (Phi) is 4.69. The van der Waals surface area contributed by atoms with Crippen LogP contribution in [0.1, 0.15) is 33.0 Å². The molecular weight excluding hydrogens is 332 g/mol. The molecule has 0 aliphatic heterocycles. The molecule has 0 heterocycles. The number of hydrogen-bond acceptors (Lipinski definition) is 3. The van der Waals surface area contributed by atoms with Crippen molar-refractivity contribution in [2.75, 3.05) is 0 Å². The van der Waals surface area contributed by atoms with Gasteiger partial charge in [-0.2, -0.15) is 4.79 Å². The Labute approximate surface area is 149 Å². The van der Waals surface area contributed by atoms with Gasteiger partial charge >= 0.3 is 17.5 Å². The molecule has 0 saturated carbocycles. The summed E-state index contributed by atoms with van der Waals surface area (Å²) in [7, 11) is 0. The third kappa shape index (κ3) is 3.14. The second kappa shape index (κ2) is 7.09. The fraction of sp³-hybridized carbons (Fsp3) is 0.100. The number of hydrogen-bond donors (Lipinski definition) is 1. The molecule has 1 N–H and O–H groups in total. The van der Waals surface area contributed by atoms with Crippen LogP contribution in [-0.2, 0) is 16.0 Å². The summed E-state index contributed by atoms with van der Waals surface area (Å²) in [4.78, 5) is 36.3. The molecule has 0 radical (unpaired) electrons. The normalized spacial score (nSPS) is 16.9. The fourth-order valence-electron chi connectivity index (χ4n) is 2.96. The lowest BCUT2D eigenvalue weighted by Crippen LogP contribution is -2.32. The van der Waals surface area contributed by atoms with Gasteiger partial charge < -0.3 is 10.6 Å². The minimum absolute atomic E-state index is 0.0892. The molecule has 6 heteroatoms. The zero-order valence-electron chi connectivity index (χ0n) is 13.6. The summed E-state index contributed by atoms with van der Waals surface area (Å²) in [5.74, 6) is -2.54. The Balaban J connectivity index is 0.000000152. The van der Waals surface area contributed by atoms with E-state index in [1.807, 2.05) is 30.3 Å². The average molecular weight is 346 g/mol. The van der Waals surface area contributed by atoms with E-state index in [9.17, 15) is 14.4 Å². The molecule has 0 aromatic heterocycles. The summed E-state index contributed by atoms with van der Waals surface area (Å²) < 4.78 is 0. The van der Waals surface area contributed by atoms with Crippen LogP contribution >= 0.6 is 0 Å². The van der Waals surface area contributed by atoms with Gasteiger partial charge in [-0.25, -0.2) is 0 Å². The molecule has 2 aliphatic carbocycles. The first-order valence-corrected chi connectivity index (χ1v) is 7.90. The number of ketones is 2. The van der Waals surface area contributed by atoms with Crippen molar-refractivity contribution in [1.29, 1.82) is 0 Å². The molecule has 0 spiro atoms. The predicted octanol–water partition coefficient (Wildman–Crippen LogP) is 2.55. The summed E-state index contributed by atoms with van der Waals surface area (Å²) in [5, 5.41) is 8.81. The number of fused-ring (bicyclic) bond motifs is 2. The summed E-state index contributed by atoms with van der Waals surface area (Å²) in [6.45, 7) is 0. The third-order valence-corrected chi connectivity index (χ3v) is 4.27. The molecule has 2 aromatic rings. The highest BCUT2D eigenvalue weighted by Crippen LogP contribution is 2.29. The van der Waals surface area contributed by atoms with Gasteiger partial charge in [0.15, 0.2) is 0 Å². The van der Waals surface area contributed by atoms with Crippen LogP contribution in [0.25, 0.3) is 11.6 Å². The number of nitrogens with zero attached hydrogens (tertiary/aromatic N) is 2. The number of carbonyl (C=O) groups excluding carboxylic acids is 2. The standard InChI is InChI=1S/C10H6N2O2.C10H8O2/c11-12-8-5-6-3-1-2-4-7(6)9(13)10(8)14;11-10(12)9-6-5-7-3-1-2-4-8(7)9/h1-4H,5H2;1-6,9H,(H,11,12). The zero-order valence-corrected chi connectivity index (χ0v) is 13.6. The number of carbonyl (C=O) groups is 3. The molecule has 128 valence electrons. The third-order valence-electron chi connectivity index (χ3n) is 4.27. The van der Waals surface area contributed by atoms with Crippen LogP contribution in [0.2, 0.25) is 0 Å². The van der Waals surface area contributed by atoms with E-state index < -0.39 is 23.5 Å². The molecule has 1 atom stereocenters. The lowest BCUT2D eigenvalue weighted by atomic mass is 9.88. The molecule has 1 unspecified atom stereocenters. The molecule has 6 nitrogen and oxygen atoms in total.